The van der Waals surface area contributed by atoms with E-state index in [0.29, 0.717) is 0 Å². The first kappa shape index (κ1) is 30.1. The molecule has 0 bridgehead atoms. The highest BCUT2D eigenvalue weighted by molar-refractivity contribution is 5.76. The average Bonchev–Trinajstić information content (AvgIpc) is 2.73. The van der Waals surface area contributed by atoms with Crippen LogP contribution in [0.25, 0.3) is 0 Å². The third-order valence-corrected chi connectivity index (χ3v) is 4.89. The van der Waals surface area contributed by atoms with Crippen LogP contribution in [0.1, 0.15) is 28.7 Å². The Morgan fingerprint density at radius 1 is 0.730 bits per heavy atom. The van der Waals surface area contributed by atoms with E-state index in [2.05, 4.69) is 5.32 Å². The fourth-order valence-electron chi connectivity index (χ4n) is 2.98. The van der Waals surface area contributed by atoms with E-state index in [9.17, 15) is 62.6 Å². The van der Waals surface area contributed by atoms with Crippen LogP contribution in [0.15, 0.2) is 42.5 Å². The third-order valence-electron chi connectivity index (χ3n) is 4.89. The zero-order valence-corrected chi connectivity index (χ0v) is 18.1. The molecule has 0 heterocycles. The lowest BCUT2D eigenvalue weighted by Gasteiger charge is -2.32. The maximum Gasteiger partial charge on any atom is 0.423 e. The SMILES string of the molecule is O=C(CC(F)(F)F)NCc1ccc(NC[C@](O)(c2cc(C(F)(F)F)cc(C(F)(F)F)c2)C(F)(F)F)cc1. The van der Waals surface area contributed by atoms with Crippen LogP contribution >= 0.6 is 0 Å². The summed E-state index contributed by atoms with van der Waals surface area (Å²) in [5.41, 5.74) is -10.00. The summed E-state index contributed by atoms with van der Waals surface area (Å²) in [5, 5.41) is 14.3. The molecule has 0 aromatic heterocycles. The Balaban J connectivity index is 2.28. The Bertz CT molecular complexity index is 1060. The highest BCUT2D eigenvalue weighted by Crippen LogP contribution is 2.44. The van der Waals surface area contributed by atoms with Crippen LogP contribution in [0, 0.1) is 0 Å². The highest BCUT2D eigenvalue weighted by Gasteiger charge is 2.56. The minimum absolute atomic E-state index is 0.184. The number of alkyl halides is 12. The van der Waals surface area contributed by atoms with Gasteiger partial charge in [0, 0.05) is 12.2 Å². The van der Waals surface area contributed by atoms with Crippen molar-refractivity contribution in [2.24, 2.45) is 0 Å². The lowest BCUT2D eigenvalue weighted by Crippen LogP contribution is -2.48. The van der Waals surface area contributed by atoms with Crippen molar-refractivity contribution < 1.29 is 62.6 Å². The summed E-state index contributed by atoms with van der Waals surface area (Å²) >= 11 is 0. The second kappa shape index (κ2) is 10.3. The Hall–Kier alpha value is -3.17. The van der Waals surface area contributed by atoms with Crippen molar-refractivity contribution in [1.82, 2.24) is 5.32 Å². The second-order valence-electron chi connectivity index (χ2n) is 7.77. The van der Waals surface area contributed by atoms with Crippen LogP contribution in [0.4, 0.5) is 58.4 Å². The molecule has 0 aliphatic rings. The van der Waals surface area contributed by atoms with Gasteiger partial charge in [-0.25, -0.2) is 0 Å². The zero-order valence-electron chi connectivity index (χ0n) is 18.1. The molecule has 0 spiro atoms. The summed E-state index contributed by atoms with van der Waals surface area (Å²) in [6.07, 6.45) is -23.1. The standard InChI is InChI=1S/C21H16F12N2O2/c22-18(23,24)8-16(36)34-9-11-1-3-15(4-2-11)35-10-17(37,21(31,32)33)12-5-13(19(25,26)27)7-14(6-12)20(28,29)30/h1-7,35,37H,8-10H2,(H,34,36)/t17-/m0/s1. The summed E-state index contributed by atoms with van der Waals surface area (Å²) in [5.74, 6) is -1.34. The molecule has 0 radical (unpaired) electrons. The van der Waals surface area contributed by atoms with E-state index >= 15 is 0 Å². The monoisotopic (exact) mass is 556 g/mol. The maximum absolute atomic E-state index is 13.7. The fraction of sp³-hybridized carbons (Fsp3) is 0.381. The Labute approximate surface area is 200 Å². The van der Waals surface area contributed by atoms with Gasteiger partial charge in [-0.15, -0.1) is 0 Å². The first-order chi connectivity index (χ1) is 16.6. The number of hydrogen-bond donors (Lipinski definition) is 3. The number of aliphatic hydroxyl groups is 1. The van der Waals surface area contributed by atoms with Crippen molar-refractivity contribution in [3.05, 3.63) is 64.7 Å². The van der Waals surface area contributed by atoms with Crippen LogP contribution in [0.3, 0.4) is 0 Å². The molecule has 2 rings (SSSR count). The summed E-state index contributed by atoms with van der Waals surface area (Å²) in [4.78, 5) is 11.2. The first-order valence-electron chi connectivity index (χ1n) is 9.87. The number of anilines is 1. The van der Waals surface area contributed by atoms with Crippen LogP contribution in [-0.4, -0.2) is 29.9 Å². The van der Waals surface area contributed by atoms with Crippen LogP contribution < -0.4 is 10.6 Å². The van der Waals surface area contributed by atoms with Crippen molar-refractivity contribution in [1.29, 1.82) is 0 Å². The number of halogens is 12. The Morgan fingerprint density at radius 2 is 1.19 bits per heavy atom. The second-order valence-corrected chi connectivity index (χ2v) is 7.77. The van der Waals surface area contributed by atoms with Crippen molar-refractivity contribution in [3.63, 3.8) is 0 Å². The first-order valence-corrected chi connectivity index (χ1v) is 9.87. The van der Waals surface area contributed by atoms with E-state index < -0.39 is 65.9 Å². The predicted octanol–water partition coefficient (Wildman–Crippen LogP) is 6.15. The van der Waals surface area contributed by atoms with Crippen molar-refractivity contribution >= 4 is 11.6 Å². The molecule has 2 aromatic carbocycles. The number of hydrogen-bond acceptors (Lipinski definition) is 3. The zero-order chi connectivity index (χ0) is 28.4. The van der Waals surface area contributed by atoms with Crippen LogP contribution in [0.2, 0.25) is 0 Å². The van der Waals surface area contributed by atoms with Gasteiger partial charge in [0.1, 0.15) is 6.42 Å². The van der Waals surface area contributed by atoms with Crippen LogP contribution in [0.5, 0.6) is 0 Å². The van der Waals surface area contributed by atoms with Crippen molar-refractivity contribution in [3.8, 4) is 0 Å². The summed E-state index contributed by atoms with van der Waals surface area (Å²) < 4.78 is 156. The van der Waals surface area contributed by atoms with Crippen LogP contribution in [-0.2, 0) is 29.3 Å². The number of carbonyl (C=O) groups is 1. The topological polar surface area (TPSA) is 61.4 Å². The highest BCUT2D eigenvalue weighted by atomic mass is 19.4. The van der Waals surface area contributed by atoms with E-state index in [1.54, 1.807) is 0 Å². The minimum Gasteiger partial charge on any atom is -0.381 e. The predicted molar refractivity (Wildman–Crippen MR) is 104 cm³/mol. The third kappa shape index (κ3) is 8.16. The van der Waals surface area contributed by atoms with Gasteiger partial charge in [-0.3, -0.25) is 4.79 Å². The van der Waals surface area contributed by atoms with Gasteiger partial charge in [-0.1, -0.05) is 12.1 Å². The normalized spacial score (nSPS) is 14.7. The molecule has 206 valence electrons. The molecule has 0 fully saturated rings. The Kier molecular flexibility index (Phi) is 8.37. The quantitative estimate of drug-likeness (QED) is 0.359. The van der Waals surface area contributed by atoms with Gasteiger partial charge in [0.05, 0.1) is 17.7 Å². The molecule has 16 heteroatoms. The van der Waals surface area contributed by atoms with Crippen molar-refractivity contribution in [2.75, 3.05) is 11.9 Å². The largest absolute Gasteiger partial charge is 0.423 e. The molecule has 1 atom stereocenters. The molecule has 2 aromatic rings. The number of benzene rings is 2. The lowest BCUT2D eigenvalue weighted by atomic mass is 9.89. The molecule has 37 heavy (non-hydrogen) atoms. The number of rotatable bonds is 7. The van der Waals surface area contributed by atoms with Gasteiger partial charge in [-0.05, 0) is 41.5 Å². The molecule has 3 N–H and O–H groups in total. The number of carbonyl (C=O) groups excluding carboxylic acids is 1. The molecule has 0 aliphatic carbocycles. The lowest BCUT2D eigenvalue weighted by molar-refractivity contribution is -0.261. The smallest absolute Gasteiger partial charge is 0.381 e. The molecular formula is C21H16F12N2O2. The molecular weight excluding hydrogens is 540 g/mol. The van der Waals surface area contributed by atoms with E-state index in [1.807, 2.05) is 5.32 Å². The van der Waals surface area contributed by atoms with Gasteiger partial charge in [0.2, 0.25) is 11.5 Å². The van der Waals surface area contributed by atoms with E-state index in [-0.39, 0.29) is 36.0 Å². The van der Waals surface area contributed by atoms with Crippen molar-refractivity contribution in [2.45, 2.75) is 43.3 Å². The molecule has 0 unspecified atom stereocenters. The Morgan fingerprint density at radius 3 is 1.59 bits per heavy atom. The van der Waals surface area contributed by atoms with E-state index in [1.165, 1.54) is 0 Å². The van der Waals surface area contributed by atoms with Gasteiger partial charge < -0.3 is 15.7 Å². The van der Waals surface area contributed by atoms with E-state index in [4.69, 9.17) is 0 Å². The van der Waals surface area contributed by atoms with E-state index in [0.717, 1.165) is 24.3 Å². The minimum atomic E-state index is -5.73. The fourth-order valence-corrected chi connectivity index (χ4v) is 2.98. The summed E-state index contributed by atoms with van der Waals surface area (Å²) in [6.45, 7) is -1.98. The van der Waals surface area contributed by atoms with Gasteiger partial charge >= 0.3 is 24.7 Å². The van der Waals surface area contributed by atoms with Gasteiger partial charge in [0.25, 0.3) is 0 Å². The average molecular weight is 556 g/mol. The molecule has 1 amide bonds. The summed E-state index contributed by atoms with van der Waals surface area (Å²) in [6, 6.07) is 3.59. The van der Waals surface area contributed by atoms with Gasteiger partial charge in [0.15, 0.2) is 0 Å². The molecule has 0 saturated carbocycles. The maximum atomic E-state index is 13.7. The molecule has 0 aliphatic heterocycles. The summed E-state index contributed by atoms with van der Waals surface area (Å²) in [7, 11) is 0. The van der Waals surface area contributed by atoms with Gasteiger partial charge in [-0.2, -0.15) is 52.7 Å². The molecule has 0 saturated heterocycles. The molecule has 4 nitrogen and oxygen atoms in total. The number of nitrogens with one attached hydrogen (secondary N) is 2. The number of amides is 1.